The molecule has 0 aliphatic carbocycles. The third-order valence-corrected chi connectivity index (χ3v) is 6.54. The average molecular weight is 688 g/mol. The van der Waals surface area contributed by atoms with Crippen molar-refractivity contribution in [2.45, 2.75) is 26.2 Å². The molecule has 6 heteroatoms. The SMILES string of the molecule is [C-]#[N+]c1cc2c3ccccc3n(-c3cc(C(C)(C)C)ccn3)c2[c-]c1Oc1[c-]c(-c2ccccn2)ccc1.[Pt+2]. The van der Waals surface area contributed by atoms with E-state index in [0.29, 0.717) is 17.2 Å². The minimum atomic E-state index is -0.0276. The van der Waals surface area contributed by atoms with Gasteiger partial charge < -0.3 is 14.3 Å². The van der Waals surface area contributed by atoms with E-state index in [4.69, 9.17) is 16.3 Å². The van der Waals surface area contributed by atoms with Gasteiger partial charge in [-0.25, -0.2) is 9.83 Å². The van der Waals surface area contributed by atoms with Crippen LogP contribution in [0.1, 0.15) is 26.3 Å². The fourth-order valence-corrected chi connectivity index (χ4v) is 4.60. The summed E-state index contributed by atoms with van der Waals surface area (Å²) < 4.78 is 8.34. The van der Waals surface area contributed by atoms with Crippen LogP contribution in [0.15, 0.2) is 91.3 Å². The largest absolute Gasteiger partial charge is 2.00 e. The Kier molecular flexibility index (Phi) is 7.08. The van der Waals surface area contributed by atoms with Gasteiger partial charge in [-0.15, -0.1) is 29.8 Å². The van der Waals surface area contributed by atoms with Crippen molar-refractivity contribution in [2.75, 3.05) is 0 Å². The second-order valence-corrected chi connectivity index (χ2v) is 10.1. The summed E-state index contributed by atoms with van der Waals surface area (Å²) in [5.74, 6) is 1.63. The predicted octanol–water partition coefficient (Wildman–Crippen LogP) is 8.48. The van der Waals surface area contributed by atoms with Gasteiger partial charge in [0.25, 0.3) is 0 Å². The van der Waals surface area contributed by atoms with E-state index in [9.17, 15) is 0 Å². The van der Waals surface area contributed by atoms with Crippen LogP contribution in [0.3, 0.4) is 0 Å². The summed E-state index contributed by atoms with van der Waals surface area (Å²) in [4.78, 5) is 12.9. The van der Waals surface area contributed by atoms with Gasteiger partial charge >= 0.3 is 21.1 Å². The van der Waals surface area contributed by atoms with Crippen LogP contribution in [0.5, 0.6) is 11.5 Å². The van der Waals surface area contributed by atoms with Crippen LogP contribution in [0, 0.1) is 18.7 Å². The molecule has 0 radical (unpaired) electrons. The fourth-order valence-electron chi connectivity index (χ4n) is 4.60. The van der Waals surface area contributed by atoms with Crippen LogP contribution in [0.2, 0.25) is 0 Å². The van der Waals surface area contributed by atoms with Gasteiger partial charge in [0.1, 0.15) is 18.1 Å². The quantitative estimate of drug-likeness (QED) is 0.175. The van der Waals surface area contributed by atoms with Crippen molar-refractivity contribution in [1.82, 2.24) is 14.5 Å². The summed E-state index contributed by atoms with van der Waals surface area (Å²) >= 11 is 0. The van der Waals surface area contributed by atoms with Crippen molar-refractivity contribution in [1.29, 1.82) is 0 Å². The molecule has 39 heavy (non-hydrogen) atoms. The number of ether oxygens (including phenoxy) is 1. The average Bonchev–Trinajstić information content (AvgIpc) is 3.26. The Labute approximate surface area is 242 Å². The van der Waals surface area contributed by atoms with E-state index in [1.54, 1.807) is 6.20 Å². The molecule has 0 fully saturated rings. The maximum Gasteiger partial charge on any atom is 2.00 e. The molecule has 0 saturated heterocycles. The molecule has 0 bridgehead atoms. The van der Waals surface area contributed by atoms with Crippen molar-refractivity contribution >= 4 is 27.5 Å². The summed E-state index contributed by atoms with van der Waals surface area (Å²) in [5, 5.41) is 1.95. The molecule has 0 amide bonds. The van der Waals surface area contributed by atoms with Gasteiger partial charge in [0.15, 0.2) is 0 Å². The Balaban J connectivity index is 0.00000308. The van der Waals surface area contributed by atoms with E-state index in [0.717, 1.165) is 38.9 Å². The van der Waals surface area contributed by atoms with Gasteiger partial charge in [0.2, 0.25) is 5.69 Å². The first-order valence-corrected chi connectivity index (χ1v) is 12.4. The van der Waals surface area contributed by atoms with Crippen molar-refractivity contribution in [2.24, 2.45) is 0 Å². The molecule has 5 nitrogen and oxygen atoms in total. The van der Waals surface area contributed by atoms with Gasteiger partial charge in [-0.2, -0.15) is 0 Å². The standard InChI is InChI=1S/C33H24N4O.Pt/c1-33(2,3)23-15-17-36-32(19-23)37-29-14-6-5-12-25(29)26-20-28(34-4)31(21-30(26)37)38-24-11-9-10-22(18-24)27-13-7-8-16-35-27;/h5-17,19-20H,1-3H3;/q-2;+2. The first-order chi connectivity index (χ1) is 18.4. The summed E-state index contributed by atoms with van der Waals surface area (Å²) in [7, 11) is 0. The van der Waals surface area contributed by atoms with Crippen molar-refractivity contribution in [3.05, 3.63) is 120 Å². The molecule has 0 N–H and O–H groups in total. The second kappa shape index (κ2) is 10.5. The third kappa shape index (κ3) is 4.96. The molecule has 6 rings (SSSR count). The maximum atomic E-state index is 7.86. The van der Waals surface area contributed by atoms with Crippen molar-refractivity contribution < 1.29 is 25.8 Å². The molecule has 3 aromatic heterocycles. The number of pyridine rings is 2. The van der Waals surface area contributed by atoms with Crippen molar-refractivity contribution in [3.8, 4) is 28.6 Å². The number of nitrogens with zero attached hydrogens (tertiary/aromatic N) is 4. The zero-order valence-corrected chi connectivity index (χ0v) is 23.9. The van der Waals surface area contributed by atoms with Crippen LogP contribution in [0.25, 0.3) is 43.7 Å². The Morgan fingerprint density at radius 3 is 2.44 bits per heavy atom. The Bertz CT molecular complexity index is 1850. The van der Waals surface area contributed by atoms with E-state index in [-0.39, 0.29) is 26.5 Å². The van der Waals surface area contributed by atoms with Gasteiger partial charge in [0.05, 0.1) is 0 Å². The fraction of sp³-hybridized carbons (Fsp3) is 0.121. The maximum absolute atomic E-state index is 7.86. The first-order valence-electron chi connectivity index (χ1n) is 12.4. The smallest absolute Gasteiger partial charge is 0.495 e. The Morgan fingerprint density at radius 2 is 1.67 bits per heavy atom. The minimum absolute atomic E-state index is 0. The molecule has 0 atom stereocenters. The molecule has 3 aromatic carbocycles. The molecule has 0 aliphatic heterocycles. The Hall–Kier alpha value is -4.26. The molecule has 6 aromatic rings. The molecule has 0 saturated carbocycles. The number of rotatable bonds is 4. The van der Waals surface area contributed by atoms with Crippen LogP contribution in [-0.2, 0) is 26.5 Å². The predicted molar refractivity (Wildman–Crippen MR) is 151 cm³/mol. The molecular weight excluding hydrogens is 663 g/mol. The van der Waals surface area contributed by atoms with Crippen LogP contribution in [-0.4, -0.2) is 14.5 Å². The van der Waals surface area contributed by atoms with E-state index < -0.39 is 0 Å². The minimum Gasteiger partial charge on any atom is -0.495 e. The molecule has 192 valence electrons. The summed E-state index contributed by atoms with van der Waals surface area (Å²) in [5.41, 5.74) is 4.94. The number of hydrogen-bond acceptors (Lipinski definition) is 3. The van der Waals surface area contributed by atoms with E-state index in [1.165, 1.54) is 5.56 Å². The number of benzene rings is 3. The van der Waals surface area contributed by atoms with Gasteiger partial charge in [-0.3, -0.25) is 0 Å². The zero-order chi connectivity index (χ0) is 26.3. The van der Waals surface area contributed by atoms with Crippen LogP contribution in [0.4, 0.5) is 5.69 Å². The number of fused-ring (bicyclic) bond motifs is 3. The molecule has 3 heterocycles. The van der Waals surface area contributed by atoms with E-state index in [1.807, 2.05) is 60.8 Å². The summed E-state index contributed by atoms with van der Waals surface area (Å²) in [6.45, 7) is 14.4. The molecular formula is C33H24N4OPt. The van der Waals surface area contributed by atoms with Gasteiger partial charge in [-0.1, -0.05) is 74.1 Å². The number of hydrogen-bond donors (Lipinski definition) is 0. The van der Waals surface area contributed by atoms with Gasteiger partial charge in [0, 0.05) is 23.7 Å². The topological polar surface area (TPSA) is 44.3 Å². The molecule has 0 unspecified atom stereocenters. The molecule has 0 spiro atoms. The number of para-hydroxylation sites is 1. The summed E-state index contributed by atoms with van der Waals surface area (Å²) in [6, 6.07) is 32.3. The monoisotopic (exact) mass is 687 g/mol. The van der Waals surface area contributed by atoms with Gasteiger partial charge in [-0.05, 0) is 46.3 Å². The normalized spacial score (nSPS) is 11.2. The van der Waals surface area contributed by atoms with E-state index >= 15 is 0 Å². The number of aromatic nitrogens is 3. The molecule has 0 aliphatic rings. The Morgan fingerprint density at radius 1 is 0.846 bits per heavy atom. The first kappa shape index (κ1) is 26.3. The zero-order valence-electron chi connectivity index (χ0n) is 21.7. The van der Waals surface area contributed by atoms with E-state index in [2.05, 4.69) is 71.6 Å². The van der Waals surface area contributed by atoms with Crippen LogP contribution < -0.4 is 4.74 Å². The van der Waals surface area contributed by atoms with Crippen molar-refractivity contribution in [3.63, 3.8) is 0 Å². The second-order valence-electron chi connectivity index (χ2n) is 10.1. The van der Waals surface area contributed by atoms with Crippen LogP contribution >= 0.6 is 0 Å². The summed E-state index contributed by atoms with van der Waals surface area (Å²) in [6.07, 6.45) is 3.59. The third-order valence-electron chi connectivity index (χ3n) is 6.54.